The highest BCUT2D eigenvalue weighted by molar-refractivity contribution is 5.87. The zero-order valence-corrected chi connectivity index (χ0v) is 31.2. The summed E-state index contributed by atoms with van der Waals surface area (Å²) in [5, 5.41) is 20.0. The molecular weight excluding hydrogens is 616 g/mol. The van der Waals surface area contributed by atoms with Crippen LogP contribution in [0.25, 0.3) is 0 Å². The smallest absolute Gasteiger partial charge is 0.333 e. The average Bonchev–Trinajstić information content (AvgIpc) is 3.11. The molecule has 0 spiro atoms. The molecule has 49 heavy (non-hydrogen) atoms. The summed E-state index contributed by atoms with van der Waals surface area (Å²) in [6.45, 7) is 15.4. The Kier molecular flexibility index (Phi) is 17.4. The van der Waals surface area contributed by atoms with Crippen LogP contribution in [0.1, 0.15) is 140 Å². The van der Waals surface area contributed by atoms with Gasteiger partial charge in [-0.2, -0.15) is 0 Å². The van der Waals surface area contributed by atoms with Gasteiger partial charge in [-0.15, -0.1) is 0 Å². The van der Waals surface area contributed by atoms with Gasteiger partial charge >= 0.3 is 11.9 Å². The highest BCUT2D eigenvalue weighted by atomic mass is 16.5. The molecule has 0 aliphatic heterocycles. The molecule has 0 unspecified atom stereocenters. The van der Waals surface area contributed by atoms with Crippen LogP contribution < -0.4 is 4.74 Å². The number of rotatable bonds is 21. The number of esters is 2. The van der Waals surface area contributed by atoms with E-state index in [2.05, 4.69) is 32.2 Å². The first-order valence-corrected chi connectivity index (χ1v) is 19.2. The Labute approximate surface area is 296 Å². The van der Waals surface area contributed by atoms with Gasteiger partial charge in [-0.05, 0) is 106 Å². The van der Waals surface area contributed by atoms with Crippen molar-refractivity contribution in [3.63, 3.8) is 0 Å². The fourth-order valence-electron chi connectivity index (χ4n) is 7.86. The molecule has 2 aliphatic carbocycles. The first kappa shape index (κ1) is 40.8. The second kappa shape index (κ2) is 20.9. The lowest BCUT2D eigenvalue weighted by atomic mass is 9.67. The minimum atomic E-state index is -0.624. The lowest BCUT2D eigenvalue weighted by Gasteiger charge is -2.38. The van der Waals surface area contributed by atoms with Crippen molar-refractivity contribution in [2.24, 2.45) is 23.2 Å². The Balaban J connectivity index is 1.80. The summed E-state index contributed by atoms with van der Waals surface area (Å²) in [7, 11) is 0. The lowest BCUT2D eigenvalue weighted by Crippen LogP contribution is -2.31. The van der Waals surface area contributed by atoms with Gasteiger partial charge in [-0.25, -0.2) is 9.59 Å². The van der Waals surface area contributed by atoms with Crippen molar-refractivity contribution in [1.29, 1.82) is 0 Å². The maximum atomic E-state index is 12.2. The number of ether oxygens (including phenoxy) is 3. The monoisotopic (exact) mass is 682 g/mol. The van der Waals surface area contributed by atoms with E-state index in [1.54, 1.807) is 13.8 Å². The largest absolute Gasteiger partial charge is 0.493 e. The highest BCUT2D eigenvalue weighted by Crippen LogP contribution is 2.45. The number of carbonyl (C=O) groups excluding carboxylic acids is 2. The van der Waals surface area contributed by atoms with E-state index in [9.17, 15) is 19.8 Å². The van der Waals surface area contributed by atoms with Crippen molar-refractivity contribution in [1.82, 2.24) is 0 Å². The molecule has 1 aromatic rings. The van der Waals surface area contributed by atoms with E-state index >= 15 is 0 Å². The molecule has 0 atom stereocenters. The van der Waals surface area contributed by atoms with Crippen LogP contribution in [0.3, 0.4) is 0 Å². The molecule has 3 rings (SSSR count). The van der Waals surface area contributed by atoms with E-state index < -0.39 is 17.4 Å². The summed E-state index contributed by atoms with van der Waals surface area (Å²) in [6, 6.07) is 4.45. The van der Waals surface area contributed by atoms with Crippen LogP contribution in [-0.4, -0.2) is 55.2 Å². The van der Waals surface area contributed by atoms with Crippen LogP contribution in [0.15, 0.2) is 36.4 Å². The molecule has 276 valence electrons. The number of hydrogen-bond donors (Lipinski definition) is 2. The van der Waals surface area contributed by atoms with Crippen molar-refractivity contribution in [2.45, 2.75) is 136 Å². The maximum Gasteiger partial charge on any atom is 0.333 e. The van der Waals surface area contributed by atoms with Crippen LogP contribution in [-0.2, 0) is 31.9 Å². The molecule has 0 heterocycles. The van der Waals surface area contributed by atoms with E-state index in [-0.39, 0.29) is 26.4 Å². The molecule has 0 aromatic heterocycles. The topological polar surface area (TPSA) is 102 Å². The molecule has 0 bridgehead atoms. The highest BCUT2D eigenvalue weighted by Gasteiger charge is 2.32. The molecule has 0 saturated heterocycles. The van der Waals surface area contributed by atoms with Gasteiger partial charge in [0.25, 0.3) is 0 Å². The number of carbonyl (C=O) groups is 2. The molecule has 2 aliphatic rings. The predicted octanol–water partition coefficient (Wildman–Crippen LogP) is 8.82. The van der Waals surface area contributed by atoms with Gasteiger partial charge in [-0.3, -0.25) is 0 Å². The van der Waals surface area contributed by atoms with Crippen molar-refractivity contribution in [3.05, 3.63) is 53.1 Å². The molecule has 2 N–H and O–H groups in total. The number of benzene rings is 1. The predicted molar refractivity (Wildman–Crippen MR) is 197 cm³/mol. The fourth-order valence-corrected chi connectivity index (χ4v) is 7.86. The van der Waals surface area contributed by atoms with Crippen molar-refractivity contribution >= 4 is 11.9 Å². The minimum absolute atomic E-state index is 0.126. The van der Waals surface area contributed by atoms with E-state index in [0.717, 1.165) is 41.7 Å². The average molecular weight is 683 g/mol. The third kappa shape index (κ3) is 12.6. The van der Waals surface area contributed by atoms with Gasteiger partial charge in [-0.1, -0.05) is 77.7 Å². The second-order valence-corrected chi connectivity index (χ2v) is 15.2. The van der Waals surface area contributed by atoms with Gasteiger partial charge in [0.2, 0.25) is 0 Å². The first-order chi connectivity index (χ1) is 23.6. The Morgan fingerprint density at radius 3 is 1.73 bits per heavy atom. The number of hydrogen-bond acceptors (Lipinski definition) is 7. The third-order valence-electron chi connectivity index (χ3n) is 11.5. The Bertz CT molecular complexity index is 1140. The summed E-state index contributed by atoms with van der Waals surface area (Å²) >= 11 is 0. The standard InChI is InChI=1S/C42H66O7/c1-7-9-10-11-32-12-14-33(15-13-32)34-16-18-35(19-17-34)38-26-36(20-23-48-40(45)30(3)4)39(47-25-22-42(8-2,28-43)29-44)37(27-38)21-24-49-41(46)31(5)6/h26-27,32-35,43-44H,3,5,7-25,28-29H2,1-2,4,6H3. The quantitative estimate of drug-likeness (QED) is 0.0759. The summed E-state index contributed by atoms with van der Waals surface area (Å²) in [5.74, 6) is 2.91. The van der Waals surface area contributed by atoms with Crippen LogP contribution in [0.5, 0.6) is 5.75 Å². The normalized spacial score (nSPS) is 21.2. The molecule has 2 saturated carbocycles. The Morgan fingerprint density at radius 1 is 0.776 bits per heavy atom. The van der Waals surface area contributed by atoms with E-state index in [4.69, 9.17) is 14.2 Å². The lowest BCUT2D eigenvalue weighted by molar-refractivity contribution is -0.139. The van der Waals surface area contributed by atoms with Crippen molar-refractivity contribution in [2.75, 3.05) is 33.0 Å². The molecule has 7 nitrogen and oxygen atoms in total. The first-order valence-electron chi connectivity index (χ1n) is 19.2. The van der Waals surface area contributed by atoms with Gasteiger partial charge in [0.15, 0.2) is 0 Å². The Morgan fingerprint density at radius 2 is 1.29 bits per heavy atom. The summed E-state index contributed by atoms with van der Waals surface area (Å²) in [4.78, 5) is 24.4. The molecule has 1 aromatic carbocycles. The second-order valence-electron chi connectivity index (χ2n) is 15.2. The maximum absolute atomic E-state index is 12.2. The van der Waals surface area contributed by atoms with Gasteiger partial charge in [0.1, 0.15) is 5.75 Å². The SMILES string of the molecule is C=C(C)C(=O)OCCc1cc(C2CCC(C3CCC(CCCCC)CC3)CC2)cc(CCOC(=O)C(=C)C)c1OCCC(CC)(CO)CO. The molecule has 0 amide bonds. The number of aliphatic hydroxyl groups is 2. The number of aliphatic hydroxyl groups excluding tert-OH is 2. The van der Waals surface area contributed by atoms with Crippen LogP contribution in [0.4, 0.5) is 0 Å². The summed E-state index contributed by atoms with van der Waals surface area (Å²) < 4.78 is 17.5. The zero-order valence-electron chi connectivity index (χ0n) is 31.2. The van der Waals surface area contributed by atoms with Crippen molar-refractivity contribution in [3.8, 4) is 5.75 Å². The van der Waals surface area contributed by atoms with Crippen LogP contribution >= 0.6 is 0 Å². The van der Waals surface area contributed by atoms with Crippen molar-refractivity contribution < 1.29 is 34.0 Å². The summed E-state index contributed by atoms with van der Waals surface area (Å²) in [5.41, 5.74) is 3.26. The van der Waals surface area contributed by atoms with E-state index in [1.807, 2.05) is 6.92 Å². The third-order valence-corrected chi connectivity index (χ3v) is 11.5. The van der Waals surface area contributed by atoms with Gasteiger partial charge < -0.3 is 24.4 Å². The van der Waals surface area contributed by atoms with E-state index in [0.29, 0.717) is 55.1 Å². The Hall–Kier alpha value is -2.64. The zero-order chi connectivity index (χ0) is 35.8. The van der Waals surface area contributed by atoms with Crippen LogP contribution in [0, 0.1) is 23.2 Å². The van der Waals surface area contributed by atoms with Gasteiger partial charge in [0.05, 0.1) is 33.0 Å². The molecular formula is C42H66O7. The summed E-state index contributed by atoms with van der Waals surface area (Å²) in [6.07, 6.45) is 17.9. The van der Waals surface area contributed by atoms with Gasteiger partial charge in [0, 0.05) is 29.4 Å². The molecule has 7 heteroatoms. The number of unbranched alkanes of at least 4 members (excludes halogenated alkanes) is 2. The minimum Gasteiger partial charge on any atom is -0.493 e. The van der Waals surface area contributed by atoms with E-state index in [1.165, 1.54) is 69.8 Å². The molecule has 2 fully saturated rings. The fraction of sp³-hybridized carbons (Fsp3) is 0.714. The molecule has 0 radical (unpaired) electrons. The van der Waals surface area contributed by atoms with Crippen LogP contribution in [0.2, 0.25) is 0 Å².